The summed E-state index contributed by atoms with van der Waals surface area (Å²) in [7, 11) is 1.65. The number of halogens is 1. The largest absolute Gasteiger partial charge is 0.421 e. The third-order valence-electron chi connectivity index (χ3n) is 2.78. The lowest BCUT2D eigenvalue weighted by molar-refractivity contribution is 0.199. The third-order valence-corrected chi connectivity index (χ3v) is 2.78. The van der Waals surface area contributed by atoms with E-state index in [9.17, 15) is 4.39 Å². The number of hydrogen-bond donors (Lipinski definition) is 1. The van der Waals surface area contributed by atoms with Crippen LogP contribution in [0.1, 0.15) is 11.1 Å². The summed E-state index contributed by atoms with van der Waals surface area (Å²) >= 11 is 0. The molecule has 112 valence electrons. The molecule has 1 aromatic heterocycles. The number of rotatable bonds is 7. The van der Waals surface area contributed by atoms with Crippen molar-refractivity contribution in [1.82, 2.24) is 15.3 Å². The van der Waals surface area contributed by atoms with Crippen LogP contribution in [0.4, 0.5) is 4.39 Å². The predicted octanol–water partition coefficient (Wildman–Crippen LogP) is 2.45. The Morgan fingerprint density at radius 2 is 2.00 bits per heavy atom. The lowest BCUT2D eigenvalue weighted by Gasteiger charge is -2.07. The van der Waals surface area contributed by atoms with Crippen molar-refractivity contribution in [1.29, 1.82) is 0 Å². The Labute approximate surface area is 123 Å². The van der Waals surface area contributed by atoms with Crippen molar-refractivity contribution < 1.29 is 13.9 Å². The Morgan fingerprint density at radius 1 is 1.24 bits per heavy atom. The highest BCUT2D eigenvalue weighted by Gasteiger charge is 2.07. The molecule has 1 aromatic carbocycles. The number of benzene rings is 1. The normalized spacial score (nSPS) is 10.6. The first-order valence-corrected chi connectivity index (χ1v) is 6.63. The average molecular weight is 291 g/mol. The number of ether oxygens (including phenoxy) is 2. The quantitative estimate of drug-likeness (QED) is 0.794. The van der Waals surface area contributed by atoms with Crippen molar-refractivity contribution >= 4 is 0 Å². The summed E-state index contributed by atoms with van der Waals surface area (Å²) in [5.74, 6) is -0.310. The van der Waals surface area contributed by atoms with Gasteiger partial charge >= 0.3 is 6.01 Å². The Hall–Kier alpha value is -2.05. The fourth-order valence-electron chi connectivity index (χ4n) is 1.68. The number of nitrogens with one attached hydrogen (secondary N) is 1. The van der Waals surface area contributed by atoms with Gasteiger partial charge in [0.15, 0.2) is 11.6 Å². The van der Waals surface area contributed by atoms with Gasteiger partial charge in [0.25, 0.3) is 0 Å². The van der Waals surface area contributed by atoms with Gasteiger partial charge in [0.05, 0.1) is 6.61 Å². The first-order chi connectivity index (χ1) is 10.2. The van der Waals surface area contributed by atoms with Crippen molar-refractivity contribution in [2.24, 2.45) is 0 Å². The highest BCUT2D eigenvalue weighted by molar-refractivity contribution is 5.31. The molecular formula is C15H18FN3O2. The van der Waals surface area contributed by atoms with Gasteiger partial charge in [0.1, 0.15) is 0 Å². The monoisotopic (exact) mass is 291 g/mol. The van der Waals surface area contributed by atoms with Crippen LogP contribution < -0.4 is 10.1 Å². The summed E-state index contributed by atoms with van der Waals surface area (Å²) in [6.45, 7) is 3.91. The molecular weight excluding hydrogens is 273 g/mol. The van der Waals surface area contributed by atoms with Crippen LogP contribution in [0.3, 0.4) is 0 Å². The second-order valence-electron chi connectivity index (χ2n) is 4.58. The summed E-state index contributed by atoms with van der Waals surface area (Å²) in [5, 5.41) is 3.18. The van der Waals surface area contributed by atoms with Gasteiger partial charge < -0.3 is 14.8 Å². The highest BCUT2D eigenvalue weighted by Crippen LogP contribution is 2.22. The molecule has 5 nitrogen and oxygen atoms in total. The van der Waals surface area contributed by atoms with Crippen LogP contribution in [0, 0.1) is 12.7 Å². The molecule has 1 heterocycles. The van der Waals surface area contributed by atoms with Crippen LogP contribution in [0.2, 0.25) is 0 Å². The standard InChI is InChI=1S/C15H18FN3O2/c1-11-3-4-13(16)14(7-11)21-15-18-9-12(10-19-15)8-17-5-6-20-2/h3-4,7,9-10,17H,5-6,8H2,1-2H3. The zero-order valence-corrected chi connectivity index (χ0v) is 12.1. The molecule has 21 heavy (non-hydrogen) atoms. The summed E-state index contributed by atoms with van der Waals surface area (Å²) in [5.41, 5.74) is 1.83. The van der Waals surface area contributed by atoms with E-state index < -0.39 is 5.82 Å². The fraction of sp³-hybridized carbons (Fsp3) is 0.333. The molecule has 0 saturated heterocycles. The number of aryl methyl sites for hydroxylation is 1. The molecule has 0 bridgehead atoms. The van der Waals surface area contributed by atoms with Crippen molar-refractivity contribution in [3.8, 4) is 11.8 Å². The van der Waals surface area contributed by atoms with Crippen LogP contribution in [-0.4, -0.2) is 30.2 Å². The zero-order valence-electron chi connectivity index (χ0n) is 12.1. The maximum Gasteiger partial charge on any atom is 0.321 e. The minimum Gasteiger partial charge on any atom is -0.421 e. The van der Waals surface area contributed by atoms with Crippen molar-refractivity contribution in [2.45, 2.75) is 13.5 Å². The van der Waals surface area contributed by atoms with Crippen LogP contribution >= 0.6 is 0 Å². The van der Waals surface area contributed by atoms with Gasteiger partial charge in [-0.25, -0.2) is 14.4 Å². The van der Waals surface area contributed by atoms with E-state index in [1.165, 1.54) is 6.07 Å². The summed E-state index contributed by atoms with van der Waals surface area (Å²) in [6.07, 6.45) is 3.30. The van der Waals surface area contributed by atoms with E-state index in [1.54, 1.807) is 31.6 Å². The molecule has 2 aromatic rings. The van der Waals surface area contributed by atoms with Gasteiger partial charge in [-0.05, 0) is 24.6 Å². The lowest BCUT2D eigenvalue weighted by atomic mass is 10.2. The SMILES string of the molecule is COCCNCc1cnc(Oc2cc(C)ccc2F)nc1. The topological polar surface area (TPSA) is 56.3 Å². The molecule has 0 aliphatic rings. The van der Waals surface area contributed by atoms with Gasteiger partial charge in [-0.15, -0.1) is 0 Å². The Balaban J connectivity index is 1.94. The minimum atomic E-state index is -0.436. The van der Waals surface area contributed by atoms with E-state index in [1.807, 2.05) is 6.92 Å². The molecule has 2 rings (SSSR count). The van der Waals surface area contributed by atoms with E-state index >= 15 is 0 Å². The smallest absolute Gasteiger partial charge is 0.321 e. The van der Waals surface area contributed by atoms with Gasteiger partial charge in [-0.3, -0.25) is 0 Å². The Kier molecular flexibility index (Phi) is 5.59. The molecule has 0 unspecified atom stereocenters. The van der Waals surface area contributed by atoms with E-state index in [0.717, 1.165) is 17.7 Å². The predicted molar refractivity (Wildman–Crippen MR) is 76.8 cm³/mol. The molecule has 0 aliphatic heterocycles. The highest BCUT2D eigenvalue weighted by atomic mass is 19.1. The molecule has 0 spiro atoms. The summed E-state index contributed by atoms with van der Waals surface area (Å²) < 4.78 is 23.9. The van der Waals surface area contributed by atoms with Gasteiger partial charge in [-0.2, -0.15) is 0 Å². The molecule has 0 amide bonds. The second kappa shape index (κ2) is 7.66. The van der Waals surface area contributed by atoms with Crippen molar-refractivity contribution in [3.63, 3.8) is 0 Å². The number of hydrogen-bond acceptors (Lipinski definition) is 5. The Morgan fingerprint density at radius 3 is 2.71 bits per heavy atom. The molecule has 1 N–H and O–H groups in total. The molecule has 0 fully saturated rings. The van der Waals surface area contributed by atoms with Crippen LogP contribution in [0.15, 0.2) is 30.6 Å². The first-order valence-electron chi connectivity index (χ1n) is 6.63. The van der Waals surface area contributed by atoms with Gasteiger partial charge in [0.2, 0.25) is 0 Å². The van der Waals surface area contributed by atoms with Gasteiger partial charge in [-0.1, -0.05) is 6.07 Å². The van der Waals surface area contributed by atoms with E-state index in [2.05, 4.69) is 15.3 Å². The third kappa shape index (κ3) is 4.77. The molecule has 0 aliphatic carbocycles. The Bertz CT molecular complexity index is 576. The van der Waals surface area contributed by atoms with Crippen molar-refractivity contribution in [3.05, 3.63) is 47.5 Å². The molecule has 0 atom stereocenters. The van der Waals surface area contributed by atoms with E-state index in [4.69, 9.17) is 9.47 Å². The van der Waals surface area contributed by atoms with Gasteiger partial charge in [0, 0.05) is 38.2 Å². The van der Waals surface area contributed by atoms with Crippen LogP contribution in [-0.2, 0) is 11.3 Å². The fourth-order valence-corrected chi connectivity index (χ4v) is 1.68. The molecule has 6 heteroatoms. The van der Waals surface area contributed by atoms with Crippen LogP contribution in [0.5, 0.6) is 11.8 Å². The summed E-state index contributed by atoms with van der Waals surface area (Å²) in [6, 6.07) is 4.77. The molecule has 0 radical (unpaired) electrons. The molecule has 0 saturated carbocycles. The lowest BCUT2D eigenvalue weighted by Crippen LogP contribution is -2.18. The minimum absolute atomic E-state index is 0.125. The summed E-state index contributed by atoms with van der Waals surface area (Å²) in [4.78, 5) is 8.14. The number of methoxy groups -OCH3 is 1. The van der Waals surface area contributed by atoms with E-state index in [0.29, 0.717) is 13.2 Å². The van der Waals surface area contributed by atoms with Crippen LogP contribution in [0.25, 0.3) is 0 Å². The van der Waals surface area contributed by atoms with Crippen molar-refractivity contribution in [2.75, 3.05) is 20.3 Å². The number of aromatic nitrogens is 2. The zero-order chi connectivity index (χ0) is 15.1. The maximum absolute atomic E-state index is 13.6. The number of nitrogens with zero attached hydrogens (tertiary/aromatic N) is 2. The first kappa shape index (κ1) is 15.3. The van der Waals surface area contributed by atoms with E-state index in [-0.39, 0.29) is 11.8 Å². The maximum atomic E-state index is 13.6. The second-order valence-corrected chi connectivity index (χ2v) is 4.58. The average Bonchev–Trinajstić information content (AvgIpc) is 2.49.